The summed E-state index contributed by atoms with van der Waals surface area (Å²) in [6.07, 6.45) is 3.19. The van der Waals surface area contributed by atoms with E-state index in [-0.39, 0.29) is 5.82 Å². The van der Waals surface area contributed by atoms with Crippen LogP contribution < -0.4 is 5.32 Å². The molecule has 0 aliphatic heterocycles. The van der Waals surface area contributed by atoms with Crippen LogP contribution in [0, 0.1) is 5.82 Å². The van der Waals surface area contributed by atoms with Gasteiger partial charge in [-0.2, -0.15) is 0 Å². The van der Waals surface area contributed by atoms with E-state index in [0.717, 1.165) is 5.69 Å². The molecule has 0 radical (unpaired) electrons. The summed E-state index contributed by atoms with van der Waals surface area (Å²) in [5, 5.41) is 3.82. The van der Waals surface area contributed by atoms with Crippen molar-refractivity contribution in [3.63, 3.8) is 0 Å². The van der Waals surface area contributed by atoms with Gasteiger partial charge in [0.1, 0.15) is 18.0 Å². The molecule has 0 unspecified atom stereocenters. The van der Waals surface area contributed by atoms with Crippen LogP contribution in [0.25, 0.3) is 10.9 Å². The fourth-order valence-electron chi connectivity index (χ4n) is 1.85. The second-order valence-electron chi connectivity index (χ2n) is 4.06. The molecule has 0 aliphatic rings. The average molecular weight is 254 g/mol. The van der Waals surface area contributed by atoms with Crippen molar-refractivity contribution < 1.29 is 4.39 Å². The van der Waals surface area contributed by atoms with Gasteiger partial charge in [0, 0.05) is 11.6 Å². The maximum atomic E-state index is 13.3. The molecule has 0 atom stereocenters. The van der Waals surface area contributed by atoms with Gasteiger partial charge >= 0.3 is 0 Å². The summed E-state index contributed by atoms with van der Waals surface area (Å²) in [7, 11) is 0. The molecule has 4 nitrogen and oxygen atoms in total. The van der Waals surface area contributed by atoms with E-state index in [1.807, 2.05) is 18.2 Å². The highest BCUT2D eigenvalue weighted by molar-refractivity contribution is 5.88. The van der Waals surface area contributed by atoms with Crippen LogP contribution in [0.15, 0.2) is 48.9 Å². The molecule has 94 valence electrons. The number of rotatable bonds is 3. The van der Waals surface area contributed by atoms with E-state index in [1.54, 1.807) is 12.3 Å². The molecule has 5 heteroatoms. The van der Waals surface area contributed by atoms with Gasteiger partial charge in [0.2, 0.25) is 0 Å². The summed E-state index contributed by atoms with van der Waals surface area (Å²) < 4.78 is 13.3. The van der Waals surface area contributed by atoms with Crippen LogP contribution in [0.1, 0.15) is 5.69 Å². The first-order valence-corrected chi connectivity index (χ1v) is 5.87. The minimum Gasteiger partial charge on any atom is -0.364 e. The third-order valence-electron chi connectivity index (χ3n) is 2.76. The fraction of sp³-hybridized carbons (Fsp3) is 0.0714. The number of pyridine rings is 1. The summed E-state index contributed by atoms with van der Waals surface area (Å²) in [5.41, 5.74) is 1.60. The van der Waals surface area contributed by atoms with Gasteiger partial charge in [-0.3, -0.25) is 4.98 Å². The molecule has 3 rings (SSSR count). The lowest BCUT2D eigenvalue weighted by molar-refractivity contribution is 0.629. The molecule has 1 N–H and O–H groups in total. The number of nitrogens with zero attached hydrogens (tertiary/aromatic N) is 3. The Labute approximate surface area is 109 Å². The van der Waals surface area contributed by atoms with Crippen molar-refractivity contribution in [3.8, 4) is 0 Å². The molecule has 2 aromatic heterocycles. The largest absolute Gasteiger partial charge is 0.364 e. The van der Waals surface area contributed by atoms with Crippen LogP contribution in [0.3, 0.4) is 0 Å². The SMILES string of the molecule is Fc1ccc2ncnc(NCc3ccccn3)c2c1. The molecular formula is C14H11FN4. The molecule has 2 heterocycles. The topological polar surface area (TPSA) is 50.7 Å². The van der Waals surface area contributed by atoms with E-state index >= 15 is 0 Å². The quantitative estimate of drug-likeness (QED) is 0.780. The van der Waals surface area contributed by atoms with Gasteiger partial charge in [-0.05, 0) is 30.3 Å². The summed E-state index contributed by atoms with van der Waals surface area (Å²) in [6, 6.07) is 10.1. The smallest absolute Gasteiger partial charge is 0.137 e. The van der Waals surface area contributed by atoms with Crippen molar-refractivity contribution in [2.24, 2.45) is 0 Å². The lowest BCUT2D eigenvalue weighted by Gasteiger charge is -2.07. The van der Waals surface area contributed by atoms with Gasteiger partial charge in [0.15, 0.2) is 0 Å². The van der Waals surface area contributed by atoms with Gasteiger partial charge in [0.05, 0.1) is 17.8 Å². The zero-order chi connectivity index (χ0) is 13.1. The van der Waals surface area contributed by atoms with E-state index in [0.29, 0.717) is 23.3 Å². The van der Waals surface area contributed by atoms with Crippen molar-refractivity contribution in [2.45, 2.75) is 6.54 Å². The van der Waals surface area contributed by atoms with Gasteiger partial charge in [-0.1, -0.05) is 6.07 Å². The Kier molecular flexibility index (Phi) is 3.02. The number of anilines is 1. The minimum atomic E-state index is -0.303. The zero-order valence-electron chi connectivity index (χ0n) is 10.0. The molecule has 3 aromatic rings. The average Bonchev–Trinajstić information content (AvgIpc) is 2.46. The van der Waals surface area contributed by atoms with Crippen molar-refractivity contribution in [1.82, 2.24) is 15.0 Å². The van der Waals surface area contributed by atoms with Crippen molar-refractivity contribution >= 4 is 16.7 Å². The maximum absolute atomic E-state index is 13.3. The summed E-state index contributed by atoms with van der Waals surface area (Å²) in [4.78, 5) is 12.5. The third-order valence-corrected chi connectivity index (χ3v) is 2.76. The number of hydrogen-bond donors (Lipinski definition) is 1. The van der Waals surface area contributed by atoms with Crippen LogP contribution in [-0.2, 0) is 6.54 Å². The lowest BCUT2D eigenvalue weighted by atomic mass is 10.2. The normalized spacial score (nSPS) is 10.6. The molecule has 0 aliphatic carbocycles. The molecule has 0 fully saturated rings. The Bertz CT molecular complexity index is 700. The van der Waals surface area contributed by atoms with Gasteiger partial charge in [-0.15, -0.1) is 0 Å². The molecule has 0 saturated heterocycles. The van der Waals surface area contributed by atoms with E-state index in [4.69, 9.17) is 0 Å². The van der Waals surface area contributed by atoms with Crippen LogP contribution in [0.5, 0.6) is 0 Å². The van der Waals surface area contributed by atoms with E-state index in [1.165, 1.54) is 18.5 Å². The van der Waals surface area contributed by atoms with Crippen molar-refractivity contribution in [3.05, 3.63) is 60.4 Å². The predicted molar refractivity (Wildman–Crippen MR) is 71.1 cm³/mol. The molecule has 0 bridgehead atoms. The second-order valence-corrected chi connectivity index (χ2v) is 4.06. The zero-order valence-corrected chi connectivity index (χ0v) is 10.0. The van der Waals surface area contributed by atoms with Crippen molar-refractivity contribution in [2.75, 3.05) is 5.32 Å². The first-order valence-electron chi connectivity index (χ1n) is 5.87. The number of aromatic nitrogens is 3. The Balaban J connectivity index is 1.90. The first kappa shape index (κ1) is 11.5. The summed E-state index contributed by atoms with van der Waals surface area (Å²) in [6.45, 7) is 0.531. The van der Waals surface area contributed by atoms with Crippen LogP contribution in [-0.4, -0.2) is 15.0 Å². The third kappa shape index (κ3) is 2.49. The predicted octanol–water partition coefficient (Wildman–Crippen LogP) is 2.78. The van der Waals surface area contributed by atoms with Gasteiger partial charge in [-0.25, -0.2) is 14.4 Å². The minimum absolute atomic E-state index is 0.303. The van der Waals surface area contributed by atoms with Crippen LogP contribution in [0.4, 0.5) is 10.2 Å². The summed E-state index contributed by atoms with van der Waals surface area (Å²) in [5.74, 6) is 0.304. The Morgan fingerprint density at radius 2 is 2.00 bits per heavy atom. The highest BCUT2D eigenvalue weighted by atomic mass is 19.1. The number of halogens is 1. The Hall–Kier alpha value is -2.56. The number of nitrogens with one attached hydrogen (secondary N) is 1. The van der Waals surface area contributed by atoms with Crippen LogP contribution >= 0.6 is 0 Å². The van der Waals surface area contributed by atoms with Crippen molar-refractivity contribution in [1.29, 1.82) is 0 Å². The van der Waals surface area contributed by atoms with Gasteiger partial charge in [0.25, 0.3) is 0 Å². The van der Waals surface area contributed by atoms with E-state index in [2.05, 4.69) is 20.3 Å². The molecule has 0 saturated carbocycles. The summed E-state index contributed by atoms with van der Waals surface area (Å²) >= 11 is 0. The second kappa shape index (κ2) is 4.97. The maximum Gasteiger partial charge on any atom is 0.137 e. The molecular weight excluding hydrogens is 243 g/mol. The number of benzene rings is 1. The standard InChI is InChI=1S/C14H11FN4/c15-10-4-5-13-12(7-10)14(19-9-18-13)17-8-11-3-1-2-6-16-11/h1-7,9H,8H2,(H,17,18,19). The van der Waals surface area contributed by atoms with Gasteiger partial charge < -0.3 is 5.32 Å². The van der Waals surface area contributed by atoms with E-state index in [9.17, 15) is 4.39 Å². The first-order chi connectivity index (χ1) is 9.33. The Morgan fingerprint density at radius 3 is 2.84 bits per heavy atom. The van der Waals surface area contributed by atoms with Crippen LogP contribution in [0.2, 0.25) is 0 Å². The molecule has 0 amide bonds. The molecule has 0 spiro atoms. The lowest BCUT2D eigenvalue weighted by Crippen LogP contribution is -2.04. The monoisotopic (exact) mass is 254 g/mol. The van der Waals surface area contributed by atoms with E-state index < -0.39 is 0 Å². The number of hydrogen-bond acceptors (Lipinski definition) is 4. The Morgan fingerprint density at radius 1 is 1.05 bits per heavy atom. The fourth-order valence-corrected chi connectivity index (χ4v) is 1.85. The number of fused-ring (bicyclic) bond motifs is 1. The molecule has 19 heavy (non-hydrogen) atoms. The molecule has 1 aromatic carbocycles. The highest BCUT2D eigenvalue weighted by Gasteiger charge is 2.04. The highest BCUT2D eigenvalue weighted by Crippen LogP contribution is 2.20.